The molecule has 1 unspecified atom stereocenters. The van der Waals surface area contributed by atoms with Gasteiger partial charge in [-0.25, -0.2) is 4.98 Å². The first-order valence-corrected chi connectivity index (χ1v) is 7.82. The van der Waals surface area contributed by atoms with Gasteiger partial charge >= 0.3 is 0 Å². The summed E-state index contributed by atoms with van der Waals surface area (Å²) in [5.41, 5.74) is 5.90. The van der Waals surface area contributed by atoms with Gasteiger partial charge in [-0.3, -0.25) is 4.79 Å². The second kappa shape index (κ2) is 8.56. The maximum Gasteiger partial charge on any atom is 0.239 e. The van der Waals surface area contributed by atoms with Crippen LogP contribution in [0.2, 0.25) is 0 Å². The van der Waals surface area contributed by atoms with Crippen LogP contribution < -0.4 is 10.6 Å². The van der Waals surface area contributed by atoms with E-state index in [1.54, 1.807) is 6.20 Å². The Hall–Kier alpha value is -0.850. The number of hydrogen-bond acceptors (Lipinski definition) is 4. The minimum Gasteiger partial charge on any atom is -0.353 e. The predicted molar refractivity (Wildman–Crippen MR) is 90.9 cm³/mol. The van der Waals surface area contributed by atoms with Crippen molar-refractivity contribution < 1.29 is 4.79 Å². The highest BCUT2D eigenvalue weighted by atomic mass is 79.9. The van der Waals surface area contributed by atoms with E-state index in [-0.39, 0.29) is 24.4 Å². The summed E-state index contributed by atoms with van der Waals surface area (Å²) in [5, 5.41) is 0. The molecule has 1 saturated heterocycles. The van der Waals surface area contributed by atoms with E-state index in [1.165, 1.54) is 0 Å². The van der Waals surface area contributed by atoms with Crippen LogP contribution >= 0.6 is 28.3 Å². The fourth-order valence-corrected chi connectivity index (χ4v) is 2.61. The van der Waals surface area contributed by atoms with Crippen LogP contribution in [0.25, 0.3) is 0 Å². The van der Waals surface area contributed by atoms with Gasteiger partial charge in [0, 0.05) is 36.8 Å². The van der Waals surface area contributed by atoms with E-state index in [1.807, 2.05) is 24.0 Å². The summed E-state index contributed by atoms with van der Waals surface area (Å²) < 4.78 is 0.973. The predicted octanol–water partition coefficient (Wildman–Crippen LogP) is 2.04. The normalized spacial score (nSPS) is 16.3. The van der Waals surface area contributed by atoms with Crippen molar-refractivity contribution in [2.45, 2.75) is 25.8 Å². The maximum atomic E-state index is 12.1. The molecular weight excluding hydrogens is 356 g/mol. The lowest BCUT2D eigenvalue weighted by Gasteiger charge is -2.36. The summed E-state index contributed by atoms with van der Waals surface area (Å²) in [6.07, 6.45) is 3.49. The quantitative estimate of drug-likeness (QED) is 0.872. The van der Waals surface area contributed by atoms with Crippen LogP contribution in [0.4, 0.5) is 5.82 Å². The van der Waals surface area contributed by atoms with Crippen molar-refractivity contribution in [3.63, 3.8) is 0 Å². The topological polar surface area (TPSA) is 62.5 Å². The second-order valence-corrected chi connectivity index (χ2v) is 5.96. The highest BCUT2D eigenvalue weighted by Crippen LogP contribution is 2.16. The van der Waals surface area contributed by atoms with Crippen LogP contribution in [0.15, 0.2) is 22.8 Å². The van der Waals surface area contributed by atoms with Crippen molar-refractivity contribution in [1.29, 1.82) is 0 Å². The highest BCUT2D eigenvalue weighted by molar-refractivity contribution is 9.10. The molecule has 21 heavy (non-hydrogen) atoms. The summed E-state index contributed by atoms with van der Waals surface area (Å²) >= 11 is 3.38. The number of rotatable bonds is 4. The summed E-state index contributed by atoms with van der Waals surface area (Å²) in [6.45, 7) is 5.09. The molecule has 118 valence electrons. The fourth-order valence-electron chi connectivity index (χ4n) is 2.38. The zero-order valence-corrected chi connectivity index (χ0v) is 14.6. The molecule has 1 fully saturated rings. The van der Waals surface area contributed by atoms with Crippen LogP contribution in [-0.4, -0.2) is 48.0 Å². The molecular formula is C14H22BrClN4O. The lowest BCUT2D eigenvalue weighted by molar-refractivity contribution is -0.133. The first kappa shape index (κ1) is 18.2. The van der Waals surface area contributed by atoms with Crippen molar-refractivity contribution in [3.05, 3.63) is 22.8 Å². The number of amides is 1. The number of nitrogens with two attached hydrogens (primary N) is 1. The smallest absolute Gasteiger partial charge is 0.239 e. The molecule has 5 nitrogen and oxygen atoms in total. The fraction of sp³-hybridized carbons (Fsp3) is 0.571. The van der Waals surface area contributed by atoms with E-state index in [9.17, 15) is 4.79 Å². The van der Waals surface area contributed by atoms with Crippen LogP contribution in [0, 0.1) is 0 Å². The van der Waals surface area contributed by atoms with Crippen LogP contribution in [0.1, 0.15) is 19.8 Å². The molecule has 2 rings (SSSR count). The molecule has 0 radical (unpaired) electrons. The Morgan fingerprint density at radius 3 is 2.57 bits per heavy atom. The Balaban J connectivity index is 0.00000220. The Morgan fingerprint density at radius 1 is 1.38 bits per heavy atom. The van der Waals surface area contributed by atoms with Crippen molar-refractivity contribution in [2.75, 3.05) is 31.1 Å². The number of aromatic nitrogens is 1. The minimum atomic E-state index is -0.350. The molecule has 1 atom stereocenters. The van der Waals surface area contributed by atoms with Gasteiger partial charge in [0.2, 0.25) is 5.91 Å². The first-order chi connectivity index (χ1) is 9.61. The Kier molecular flexibility index (Phi) is 7.42. The Morgan fingerprint density at radius 2 is 2.05 bits per heavy atom. The van der Waals surface area contributed by atoms with E-state index >= 15 is 0 Å². The molecule has 2 heterocycles. The van der Waals surface area contributed by atoms with Gasteiger partial charge < -0.3 is 15.5 Å². The second-order valence-electron chi connectivity index (χ2n) is 5.04. The van der Waals surface area contributed by atoms with E-state index in [2.05, 4.69) is 25.8 Å². The number of hydrogen-bond donors (Lipinski definition) is 1. The van der Waals surface area contributed by atoms with Gasteiger partial charge in [-0.15, -0.1) is 12.4 Å². The zero-order chi connectivity index (χ0) is 14.5. The van der Waals surface area contributed by atoms with Gasteiger partial charge in [-0.2, -0.15) is 0 Å². The lowest BCUT2D eigenvalue weighted by Crippen LogP contribution is -2.53. The highest BCUT2D eigenvalue weighted by Gasteiger charge is 2.25. The number of nitrogens with zero attached hydrogens (tertiary/aromatic N) is 3. The van der Waals surface area contributed by atoms with Crippen LogP contribution in [0.5, 0.6) is 0 Å². The van der Waals surface area contributed by atoms with Gasteiger partial charge in [0.1, 0.15) is 5.82 Å². The van der Waals surface area contributed by atoms with E-state index < -0.39 is 0 Å². The van der Waals surface area contributed by atoms with Gasteiger partial charge in [0.15, 0.2) is 0 Å². The number of pyridine rings is 1. The maximum absolute atomic E-state index is 12.1. The number of carbonyl (C=O) groups is 1. The third-order valence-electron chi connectivity index (χ3n) is 3.54. The molecule has 1 aliphatic rings. The number of piperazine rings is 1. The number of halogens is 2. The molecule has 0 aromatic carbocycles. The summed E-state index contributed by atoms with van der Waals surface area (Å²) in [5.74, 6) is 1.04. The molecule has 1 aromatic heterocycles. The van der Waals surface area contributed by atoms with Crippen molar-refractivity contribution in [2.24, 2.45) is 5.73 Å². The first-order valence-electron chi connectivity index (χ1n) is 7.02. The SMILES string of the molecule is CCCC(N)C(=O)N1CCN(c2ccc(Br)cn2)CC1.Cl. The molecule has 0 bridgehead atoms. The summed E-state index contributed by atoms with van der Waals surface area (Å²) in [7, 11) is 0. The molecule has 0 saturated carbocycles. The summed E-state index contributed by atoms with van der Waals surface area (Å²) in [6, 6.07) is 3.62. The van der Waals surface area contributed by atoms with Gasteiger partial charge in [0.25, 0.3) is 0 Å². The molecule has 1 amide bonds. The number of anilines is 1. The van der Waals surface area contributed by atoms with Crippen LogP contribution in [0.3, 0.4) is 0 Å². The van der Waals surface area contributed by atoms with E-state index in [0.717, 1.165) is 36.2 Å². The monoisotopic (exact) mass is 376 g/mol. The van der Waals surface area contributed by atoms with Gasteiger partial charge in [-0.05, 0) is 34.5 Å². The molecule has 0 aliphatic carbocycles. The molecule has 1 aromatic rings. The third-order valence-corrected chi connectivity index (χ3v) is 4.01. The van der Waals surface area contributed by atoms with Crippen molar-refractivity contribution in [3.8, 4) is 0 Å². The average molecular weight is 378 g/mol. The zero-order valence-electron chi connectivity index (χ0n) is 12.2. The molecule has 1 aliphatic heterocycles. The molecule has 7 heteroatoms. The minimum absolute atomic E-state index is 0. The van der Waals surface area contributed by atoms with Crippen molar-refractivity contribution in [1.82, 2.24) is 9.88 Å². The average Bonchev–Trinajstić information content (AvgIpc) is 2.48. The van der Waals surface area contributed by atoms with E-state index in [4.69, 9.17) is 5.73 Å². The Bertz CT molecular complexity index is 449. The molecule has 2 N–H and O–H groups in total. The van der Waals surface area contributed by atoms with Crippen LogP contribution in [-0.2, 0) is 4.79 Å². The summed E-state index contributed by atoms with van der Waals surface area (Å²) in [4.78, 5) is 20.6. The van der Waals surface area contributed by atoms with Crippen molar-refractivity contribution >= 4 is 40.1 Å². The standard InChI is InChI=1S/C14H21BrN4O.ClH/c1-2-3-12(16)14(20)19-8-6-18(7-9-19)13-5-4-11(15)10-17-13;/h4-5,10,12H,2-3,6-9,16H2,1H3;1H. The Labute approximate surface area is 140 Å². The lowest BCUT2D eigenvalue weighted by atomic mass is 10.1. The van der Waals surface area contributed by atoms with E-state index in [0.29, 0.717) is 13.1 Å². The largest absolute Gasteiger partial charge is 0.353 e. The van der Waals surface area contributed by atoms with Gasteiger partial charge in [-0.1, -0.05) is 13.3 Å². The number of carbonyl (C=O) groups excluding carboxylic acids is 1. The molecule has 0 spiro atoms. The third kappa shape index (κ3) is 4.83. The van der Waals surface area contributed by atoms with Gasteiger partial charge in [0.05, 0.1) is 6.04 Å².